The van der Waals surface area contributed by atoms with Crippen molar-refractivity contribution in [3.05, 3.63) is 0 Å². The quantitative estimate of drug-likeness (QED) is 0.754. The van der Waals surface area contributed by atoms with Crippen LogP contribution in [0.25, 0.3) is 0 Å². The normalized spacial score (nSPS) is 15.2. The Kier molecular flexibility index (Phi) is 4.94. The van der Waals surface area contributed by atoms with E-state index >= 15 is 0 Å². The number of carbonyl (C=O) groups excluding carboxylic acids is 1. The van der Waals surface area contributed by atoms with Gasteiger partial charge in [-0.15, -0.1) is 0 Å². The van der Waals surface area contributed by atoms with E-state index in [0.29, 0.717) is 6.92 Å². The van der Waals surface area contributed by atoms with E-state index in [9.17, 15) is 22.8 Å². The summed E-state index contributed by atoms with van der Waals surface area (Å²) in [5.41, 5.74) is 1.96. The fraction of sp³-hybridized carbons (Fsp3) is 0.778. The van der Waals surface area contributed by atoms with Crippen molar-refractivity contribution in [3.8, 4) is 0 Å². The Labute approximate surface area is 96.4 Å². The van der Waals surface area contributed by atoms with Crippen LogP contribution >= 0.6 is 0 Å². The highest BCUT2D eigenvalue weighted by Gasteiger charge is 2.55. The van der Waals surface area contributed by atoms with Crippen LogP contribution in [0.15, 0.2) is 0 Å². The number of aliphatic carboxylic acids is 1. The van der Waals surface area contributed by atoms with Gasteiger partial charge < -0.3 is 15.7 Å². The molecule has 1 amide bonds. The molecule has 1 unspecified atom stereocenters. The lowest BCUT2D eigenvalue weighted by atomic mass is 10.0. The van der Waals surface area contributed by atoms with Crippen molar-refractivity contribution in [2.45, 2.75) is 32.0 Å². The predicted molar refractivity (Wildman–Crippen MR) is 53.2 cm³/mol. The lowest BCUT2D eigenvalue weighted by molar-refractivity contribution is -0.193. The first-order valence-corrected chi connectivity index (χ1v) is 4.90. The molecule has 100 valence electrons. The first-order chi connectivity index (χ1) is 7.54. The van der Waals surface area contributed by atoms with Crippen molar-refractivity contribution in [2.24, 2.45) is 5.73 Å². The molecule has 0 bridgehead atoms. The van der Waals surface area contributed by atoms with Crippen LogP contribution in [0.3, 0.4) is 0 Å². The molecule has 0 heterocycles. The monoisotopic (exact) mass is 256 g/mol. The van der Waals surface area contributed by atoms with Crippen LogP contribution in [0.5, 0.6) is 0 Å². The first-order valence-electron chi connectivity index (χ1n) is 4.90. The highest BCUT2D eigenvalue weighted by atomic mass is 19.4. The Morgan fingerprint density at radius 1 is 1.35 bits per heavy atom. The van der Waals surface area contributed by atoms with Gasteiger partial charge >= 0.3 is 12.1 Å². The van der Waals surface area contributed by atoms with E-state index in [-0.39, 0.29) is 13.1 Å². The molecule has 0 spiro atoms. The van der Waals surface area contributed by atoms with Gasteiger partial charge in [0.2, 0.25) is 0 Å². The van der Waals surface area contributed by atoms with Crippen molar-refractivity contribution < 1.29 is 27.9 Å². The van der Waals surface area contributed by atoms with Gasteiger partial charge in [-0.2, -0.15) is 13.2 Å². The molecule has 0 saturated heterocycles. The summed E-state index contributed by atoms with van der Waals surface area (Å²) >= 11 is 0. The van der Waals surface area contributed by atoms with E-state index in [2.05, 4.69) is 0 Å². The Bertz CT molecular complexity index is 302. The third kappa shape index (κ3) is 3.88. The summed E-state index contributed by atoms with van der Waals surface area (Å²) in [5.74, 6) is -2.52. The molecule has 0 aliphatic heterocycles. The molecule has 0 fully saturated rings. The molecular formula is C9H15F3N2O3. The maximum atomic E-state index is 12.5. The van der Waals surface area contributed by atoms with E-state index < -0.39 is 30.0 Å². The number of carboxylic acids is 1. The third-order valence-corrected chi connectivity index (χ3v) is 2.30. The summed E-state index contributed by atoms with van der Waals surface area (Å²) in [6.45, 7) is 1.69. The maximum absolute atomic E-state index is 12.5. The van der Waals surface area contributed by atoms with Gasteiger partial charge in [-0.05, 0) is 13.8 Å². The van der Waals surface area contributed by atoms with Gasteiger partial charge in [-0.25, -0.2) is 0 Å². The van der Waals surface area contributed by atoms with E-state index in [4.69, 9.17) is 10.8 Å². The number of nitrogens with two attached hydrogens (primary N) is 1. The second-order valence-electron chi connectivity index (χ2n) is 3.73. The molecule has 0 aliphatic rings. The fourth-order valence-corrected chi connectivity index (χ4v) is 1.08. The minimum atomic E-state index is -4.87. The van der Waals surface area contributed by atoms with Gasteiger partial charge in [0.25, 0.3) is 5.91 Å². The van der Waals surface area contributed by atoms with E-state index in [1.165, 1.54) is 6.92 Å². The fourth-order valence-electron chi connectivity index (χ4n) is 1.08. The summed E-state index contributed by atoms with van der Waals surface area (Å²) in [6, 6.07) is 0. The summed E-state index contributed by atoms with van der Waals surface area (Å²) < 4.78 is 37.5. The zero-order valence-corrected chi connectivity index (χ0v) is 9.54. The molecule has 5 nitrogen and oxygen atoms in total. The van der Waals surface area contributed by atoms with Crippen molar-refractivity contribution >= 4 is 11.9 Å². The van der Waals surface area contributed by atoms with Gasteiger partial charge in [-0.3, -0.25) is 9.59 Å². The Hall–Kier alpha value is -1.31. The van der Waals surface area contributed by atoms with Gasteiger partial charge in [-0.1, -0.05) is 0 Å². The molecule has 0 aromatic rings. The standard InChI is InChI=1S/C9H15F3N2O3/c1-3-14(5-4-6(15)16)7(17)8(2,13)9(10,11)12/h3-5,13H2,1-2H3,(H,15,16). The highest BCUT2D eigenvalue weighted by molar-refractivity contribution is 5.87. The molecule has 0 rings (SSSR count). The predicted octanol–water partition coefficient (Wildman–Crippen LogP) is 0.589. The second-order valence-corrected chi connectivity index (χ2v) is 3.73. The Morgan fingerprint density at radius 2 is 1.82 bits per heavy atom. The molecule has 0 saturated carbocycles. The van der Waals surface area contributed by atoms with Crippen molar-refractivity contribution in [1.82, 2.24) is 4.90 Å². The van der Waals surface area contributed by atoms with Crippen LogP contribution in [-0.2, 0) is 9.59 Å². The van der Waals surface area contributed by atoms with Gasteiger partial charge in [0.15, 0.2) is 5.54 Å². The smallest absolute Gasteiger partial charge is 0.415 e. The second kappa shape index (κ2) is 5.35. The van der Waals surface area contributed by atoms with Gasteiger partial charge in [0.05, 0.1) is 6.42 Å². The van der Waals surface area contributed by atoms with Crippen LogP contribution < -0.4 is 5.73 Å². The molecular weight excluding hydrogens is 241 g/mol. The van der Waals surface area contributed by atoms with Crippen LogP contribution in [0, 0.1) is 0 Å². The van der Waals surface area contributed by atoms with Gasteiger partial charge in [0.1, 0.15) is 0 Å². The Balaban J connectivity index is 4.81. The highest BCUT2D eigenvalue weighted by Crippen LogP contribution is 2.29. The average Bonchev–Trinajstić information content (AvgIpc) is 2.16. The van der Waals surface area contributed by atoms with E-state index in [1.54, 1.807) is 0 Å². The molecule has 1 atom stereocenters. The SMILES string of the molecule is CCN(CCC(=O)O)C(=O)C(C)(N)C(F)(F)F. The van der Waals surface area contributed by atoms with Crippen LogP contribution in [0.4, 0.5) is 13.2 Å². The molecule has 0 aliphatic carbocycles. The number of nitrogens with zero attached hydrogens (tertiary/aromatic N) is 1. The summed E-state index contributed by atoms with van der Waals surface area (Å²) in [7, 11) is 0. The number of carboxylic acid groups (broad SMARTS) is 1. The van der Waals surface area contributed by atoms with Crippen molar-refractivity contribution in [2.75, 3.05) is 13.1 Å². The number of amides is 1. The number of halogens is 3. The zero-order chi connectivity index (χ0) is 13.9. The molecule has 8 heteroatoms. The van der Waals surface area contributed by atoms with Crippen LogP contribution in [0.1, 0.15) is 20.3 Å². The average molecular weight is 256 g/mol. The van der Waals surface area contributed by atoms with Crippen LogP contribution in [0.2, 0.25) is 0 Å². The first kappa shape index (κ1) is 15.7. The molecule has 0 radical (unpaired) electrons. The maximum Gasteiger partial charge on any atom is 0.415 e. The number of rotatable bonds is 5. The van der Waals surface area contributed by atoms with Crippen molar-refractivity contribution in [3.63, 3.8) is 0 Å². The lowest BCUT2D eigenvalue weighted by Gasteiger charge is -2.32. The minimum absolute atomic E-state index is 0.0328. The minimum Gasteiger partial charge on any atom is -0.481 e. The lowest BCUT2D eigenvalue weighted by Crippen LogP contribution is -2.62. The third-order valence-electron chi connectivity index (χ3n) is 2.30. The van der Waals surface area contributed by atoms with Gasteiger partial charge in [0, 0.05) is 13.1 Å². The number of hydrogen-bond donors (Lipinski definition) is 2. The summed E-state index contributed by atoms with van der Waals surface area (Å²) in [5, 5.41) is 8.41. The summed E-state index contributed by atoms with van der Waals surface area (Å²) in [4.78, 5) is 22.6. The largest absolute Gasteiger partial charge is 0.481 e. The molecule has 17 heavy (non-hydrogen) atoms. The Morgan fingerprint density at radius 3 is 2.12 bits per heavy atom. The number of hydrogen-bond acceptors (Lipinski definition) is 3. The molecule has 3 N–H and O–H groups in total. The van der Waals surface area contributed by atoms with E-state index in [1.807, 2.05) is 0 Å². The molecule has 0 aromatic carbocycles. The topological polar surface area (TPSA) is 83.6 Å². The number of carbonyl (C=O) groups is 2. The zero-order valence-electron chi connectivity index (χ0n) is 9.54. The van der Waals surface area contributed by atoms with Crippen molar-refractivity contribution in [1.29, 1.82) is 0 Å². The number of alkyl halides is 3. The van der Waals surface area contributed by atoms with E-state index in [0.717, 1.165) is 4.90 Å². The number of likely N-dealkylation sites (N-methyl/N-ethyl adjacent to an activating group) is 1. The van der Waals surface area contributed by atoms with Crippen LogP contribution in [-0.4, -0.2) is 46.7 Å². The summed E-state index contributed by atoms with van der Waals surface area (Å²) in [6.07, 6.45) is -5.30. The molecule has 0 aromatic heterocycles.